The van der Waals surface area contributed by atoms with Gasteiger partial charge in [-0.1, -0.05) is 91.5 Å². The summed E-state index contributed by atoms with van der Waals surface area (Å²) >= 11 is 0. The van der Waals surface area contributed by atoms with E-state index in [4.69, 9.17) is 4.74 Å². The van der Waals surface area contributed by atoms with Gasteiger partial charge in [0.1, 0.15) is 11.5 Å². The van der Waals surface area contributed by atoms with Crippen LogP contribution < -0.4 is 4.74 Å². The van der Waals surface area contributed by atoms with Crippen LogP contribution in [-0.4, -0.2) is 11.7 Å². The molecule has 2 heteroatoms. The Morgan fingerprint density at radius 3 is 1.92 bits per heavy atom. The maximum atomic E-state index is 10.1. The Hall–Kier alpha value is -1.18. The van der Waals surface area contributed by atoms with Crippen LogP contribution >= 0.6 is 0 Å². The summed E-state index contributed by atoms with van der Waals surface area (Å²) in [4.78, 5) is 0. The third-order valence-electron chi connectivity index (χ3n) is 4.51. The topological polar surface area (TPSA) is 29.5 Å². The predicted molar refractivity (Wildman–Crippen MR) is 104 cm³/mol. The molecule has 0 fully saturated rings. The maximum absolute atomic E-state index is 10.1. The van der Waals surface area contributed by atoms with Gasteiger partial charge >= 0.3 is 0 Å². The quantitative estimate of drug-likeness (QED) is 0.417. The first-order valence-corrected chi connectivity index (χ1v) is 9.92. The summed E-state index contributed by atoms with van der Waals surface area (Å²) < 4.78 is 5.96. The summed E-state index contributed by atoms with van der Waals surface area (Å²) in [5, 5.41) is 10.1. The highest BCUT2D eigenvalue weighted by molar-refractivity contribution is 5.48. The zero-order valence-electron chi connectivity index (χ0n) is 16.4. The SMILES string of the molecule is CCCCCCCCCCCCOc1cccc(O)c1C(C)(C)C. The molecule has 0 bridgehead atoms. The monoisotopic (exact) mass is 334 g/mol. The van der Waals surface area contributed by atoms with E-state index in [1.54, 1.807) is 6.07 Å². The number of phenolic OH excluding ortho intramolecular Hbond substituents is 1. The number of hydrogen-bond donors (Lipinski definition) is 1. The Morgan fingerprint density at radius 2 is 1.38 bits per heavy atom. The minimum atomic E-state index is -0.113. The van der Waals surface area contributed by atoms with Gasteiger partial charge in [0.2, 0.25) is 0 Å². The second-order valence-electron chi connectivity index (χ2n) is 7.93. The first kappa shape index (κ1) is 20.9. The van der Waals surface area contributed by atoms with Crippen LogP contribution in [-0.2, 0) is 5.41 Å². The molecule has 0 aliphatic heterocycles. The van der Waals surface area contributed by atoms with Crippen LogP contribution in [0.2, 0.25) is 0 Å². The lowest BCUT2D eigenvalue weighted by Gasteiger charge is -2.23. The lowest BCUT2D eigenvalue weighted by Crippen LogP contribution is -2.14. The summed E-state index contributed by atoms with van der Waals surface area (Å²) in [5.74, 6) is 1.17. The van der Waals surface area contributed by atoms with E-state index in [0.717, 1.165) is 24.3 Å². The van der Waals surface area contributed by atoms with E-state index in [2.05, 4.69) is 27.7 Å². The summed E-state index contributed by atoms with van der Waals surface area (Å²) in [6, 6.07) is 5.57. The highest BCUT2D eigenvalue weighted by Gasteiger charge is 2.22. The molecule has 0 aliphatic rings. The van der Waals surface area contributed by atoms with Crippen LogP contribution in [0.5, 0.6) is 11.5 Å². The lowest BCUT2D eigenvalue weighted by atomic mass is 9.85. The Bertz CT molecular complexity index is 446. The van der Waals surface area contributed by atoms with Gasteiger partial charge in [0, 0.05) is 5.56 Å². The van der Waals surface area contributed by atoms with Crippen molar-refractivity contribution in [3.05, 3.63) is 23.8 Å². The molecule has 0 spiro atoms. The molecule has 1 aromatic carbocycles. The largest absolute Gasteiger partial charge is 0.508 e. The van der Waals surface area contributed by atoms with Crippen LogP contribution in [0.4, 0.5) is 0 Å². The molecule has 0 heterocycles. The zero-order chi connectivity index (χ0) is 17.8. The highest BCUT2D eigenvalue weighted by Crippen LogP contribution is 2.38. The molecule has 1 rings (SSSR count). The van der Waals surface area contributed by atoms with Crippen molar-refractivity contribution in [3.8, 4) is 11.5 Å². The Morgan fingerprint density at radius 1 is 0.833 bits per heavy atom. The van der Waals surface area contributed by atoms with E-state index >= 15 is 0 Å². The first-order chi connectivity index (χ1) is 11.5. The molecule has 0 aliphatic carbocycles. The predicted octanol–water partition coefficient (Wildman–Crippen LogP) is 6.99. The van der Waals surface area contributed by atoms with Crippen molar-refractivity contribution in [2.24, 2.45) is 0 Å². The molecule has 0 radical (unpaired) electrons. The van der Waals surface area contributed by atoms with Gasteiger partial charge in [-0.05, 0) is 24.0 Å². The molecule has 2 nitrogen and oxygen atoms in total. The van der Waals surface area contributed by atoms with E-state index in [9.17, 15) is 5.11 Å². The fourth-order valence-electron chi connectivity index (χ4n) is 3.17. The van der Waals surface area contributed by atoms with Crippen LogP contribution in [0.15, 0.2) is 18.2 Å². The number of unbranched alkanes of at least 4 members (excludes halogenated alkanes) is 9. The summed E-state index contributed by atoms with van der Waals surface area (Å²) in [6.07, 6.45) is 13.3. The van der Waals surface area contributed by atoms with Crippen LogP contribution in [0.25, 0.3) is 0 Å². The van der Waals surface area contributed by atoms with Crippen molar-refractivity contribution in [1.82, 2.24) is 0 Å². The van der Waals surface area contributed by atoms with Crippen molar-refractivity contribution in [3.63, 3.8) is 0 Å². The highest BCUT2D eigenvalue weighted by atomic mass is 16.5. The van der Waals surface area contributed by atoms with Gasteiger partial charge in [0.05, 0.1) is 6.61 Å². The number of ether oxygens (including phenoxy) is 1. The van der Waals surface area contributed by atoms with Crippen LogP contribution in [0, 0.1) is 0 Å². The van der Waals surface area contributed by atoms with Crippen LogP contribution in [0.3, 0.4) is 0 Å². The summed E-state index contributed by atoms with van der Waals surface area (Å²) in [6.45, 7) is 9.33. The molecule has 1 aromatic rings. The molecule has 0 aromatic heterocycles. The van der Waals surface area contributed by atoms with Crippen molar-refractivity contribution in [2.45, 2.75) is 97.3 Å². The number of aromatic hydroxyl groups is 1. The van der Waals surface area contributed by atoms with Crippen molar-refractivity contribution >= 4 is 0 Å². The second-order valence-corrected chi connectivity index (χ2v) is 7.93. The average Bonchev–Trinajstić information content (AvgIpc) is 2.51. The number of hydrogen-bond acceptors (Lipinski definition) is 2. The molecule has 0 saturated heterocycles. The van der Waals surface area contributed by atoms with E-state index in [1.807, 2.05) is 12.1 Å². The molecule has 138 valence electrons. The lowest BCUT2D eigenvalue weighted by molar-refractivity contribution is 0.293. The smallest absolute Gasteiger partial charge is 0.126 e. The Labute approximate surface area is 149 Å². The summed E-state index contributed by atoms with van der Waals surface area (Å²) in [5.41, 5.74) is 0.801. The Balaban J connectivity index is 2.17. The van der Waals surface area contributed by atoms with Gasteiger partial charge in [-0.3, -0.25) is 0 Å². The third kappa shape index (κ3) is 8.08. The fourth-order valence-corrected chi connectivity index (χ4v) is 3.17. The minimum Gasteiger partial charge on any atom is -0.508 e. The maximum Gasteiger partial charge on any atom is 0.126 e. The van der Waals surface area contributed by atoms with Crippen molar-refractivity contribution in [1.29, 1.82) is 0 Å². The van der Waals surface area contributed by atoms with E-state index in [1.165, 1.54) is 57.8 Å². The van der Waals surface area contributed by atoms with E-state index in [-0.39, 0.29) is 5.41 Å². The molecule has 1 N–H and O–H groups in total. The van der Waals surface area contributed by atoms with Gasteiger partial charge < -0.3 is 9.84 Å². The molecule has 0 saturated carbocycles. The average molecular weight is 335 g/mol. The third-order valence-corrected chi connectivity index (χ3v) is 4.51. The molecule has 24 heavy (non-hydrogen) atoms. The standard InChI is InChI=1S/C22H38O2/c1-5-6-7-8-9-10-11-12-13-14-18-24-20-17-15-16-19(23)21(20)22(2,3)4/h15-17,23H,5-14,18H2,1-4H3. The van der Waals surface area contributed by atoms with Crippen molar-refractivity contribution < 1.29 is 9.84 Å². The molecular weight excluding hydrogens is 296 g/mol. The first-order valence-electron chi connectivity index (χ1n) is 9.92. The number of phenols is 1. The Kier molecular flexibility index (Phi) is 9.90. The van der Waals surface area contributed by atoms with Crippen molar-refractivity contribution in [2.75, 3.05) is 6.61 Å². The zero-order valence-corrected chi connectivity index (χ0v) is 16.4. The van der Waals surface area contributed by atoms with Gasteiger partial charge in [-0.15, -0.1) is 0 Å². The van der Waals surface area contributed by atoms with Gasteiger partial charge in [-0.2, -0.15) is 0 Å². The van der Waals surface area contributed by atoms with Gasteiger partial charge in [-0.25, -0.2) is 0 Å². The molecular formula is C22H38O2. The normalized spacial score (nSPS) is 11.7. The summed E-state index contributed by atoms with van der Waals surface area (Å²) in [7, 11) is 0. The van der Waals surface area contributed by atoms with Gasteiger partial charge in [0.15, 0.2) is 0 Å². The second kappa shape index (κ2) is 11.4. The molecule has 0 atom stereocenters. The van der Waals surface area contributed by atoms with E-state index in [0.29, 0.717) is 5.75 Å². The minimum absolute atomic E-state index is 0.113. The molecule has 0 amide bonds. The fraction of sp³-hybridized carbons (Fsp3) is 0.727. The molecule has 0 unspecified atom stereocenters. The van der Waals surface area contributed by atoms with Crippen LogP contribution in [0.1, 0.15) is 97.5 Å². The number of benzene rings is 1. The van der Waals surface area contributed by atoms with E-state index < -0.39 is 0 Å². The van der Waals surface area contributed by atoms with Gasteiger partial charge in [0.25, 0.3) is 0 Å². The number of rotatable bonds is 12.